The van der Waals surface area contributed by atoms with Gasteiger partial charge in [0.05, 0.1) is 22.6 Å². The van der Waals surface area contributed by atoms with Crippen LogP contribution in [0.4, 0.5) is 0 Å². The zero-order valence-corrected chi connectivity index (χ0v) is 23.0. The summed E-state index contributed by atoms with van der Waals surface area (Å²) in [5.74, 6) is 0. The van der Waals surface area contributed by atoms with Crippen LogP contribution in [0.3, 0.4) is 0 Å². The van der Waals surface area contributed by atoms with Crippen LogP contribution in [0.15, 0.2) is 121 Å². The zero-order chi connectivity index (χ0) is 27.3. The topological polar surface area (TPSA) is 35.1 Å². The zero-order valence-electron chi connectivity index (χ0n) is 23.0. The average molecular weight is 531 g/mol. The van der Waals surface area contributed by atoms with Crippen molar-refractivity contribution in [1.82, 2.24) is 14.1 Å². The molecule has 0 saturated carbocycles. The first kappa shape index (κ1) is 23.9. The summed E-state index contributed by atoms with van der Waals surface area (Å²) < 4.78 is 4.77. The second-order valence-electron chi connectivity index (χ2n) is 11.1. The molecule has 198 valence electrons. The predicted molar refractivity (Wildman–Crippen MR) is 170 cm³/mol. The Morgan fingerprint density at radius 1 is 0.634 bits per heavy atom. The molecular formula is C37H30N4. The lowest BCUT2D eigenvalue weighted by Crippen LogP contribution is -2.14. The Kier molecular flexibility index (Phi) is 5.59. The summed E-state index contributed by atoms with van der Waals surface area (Å²) in [5.41, 5.74) is 11.4. The van der Waals surface area contributed by atoms with Gasteiger partial charge in [-0.15, -0.1) is 0 Å². The van der Waals surface area contributed by atoms with Gasteiger partial charge in [0, 0.05) is 63.8 Å². The quantitative estimate of drug-likeness (QED) is 0.221. The van der Waals surface area contributed by atoms with E-state index in [2.05, 4.69) is 130 Å². The summed E-state index contributed by atoms with van der Waals surface area (Å²) in [5, 5.41) is 3.70. The van der Waals surface area contributed by atoms with Gasteiger partial charge in [-0.1, -0.05) is 60.7 Å². The number of para-hydroxylation sites is 2. The smallest absolute Gasteiger partial charge is 0.0571 e. The number of fused-ring (bicyclic) bond motifs is 6. The minimum absolute atomic E-state index is 0.309. The van der Waals surface area contributed by atoms with E-state index in [0.29, 0.717) is 6.04 Å². The third-order valence-corrected chi connectivity index (χ3v) is 8.53. The summed E-state index contributed by atoms with van der Waals surface area (Å²) in [6, 6.07) is 37.8. The summed E-state index contributed by atoms with van der Waals surface area (Å²) in [6.45, 7) is 2.19. The van der Waals surface area contributed by atoms with Gasteiger partial charge in [-0.3, -0.25) is 9.98 Å². The highest BCUT2D eigenvalue weighted by Crippen LogP contribution is 2.33. The number of benzene rings is 4. The molecule has 0 amide bonds. The second-order valence-corrected chi connectivity index (χ2v) is 11.1. The molecule has 0 bridgehead atoms. The Balaban J connectivity index is 1.04. The van der Waals surface area contributed by atoms with Crippen molar-refractivity contribution in [3.05, 3.63) is 138 Å². The van der Waals surface area contributed by atoms with Crippen LogP contribution < -0.4 is 0 Å². The second kappa shape index (κ2) is 9.60. The monoisotopic (exact) mass is 530 g/mol. The van der Waals surface area contributed by atoms with Crippen molar-refractivity contribution >= 4 is 38.9 Å². The lowest BCUT2D eigenvalue weighted by Gasteiger charge is -2.17. The van der Waals surface area contributed by atoms with E-state index in [1.807, 2.05) is 12.4 Å². The number of hydrogen-bond donors (Lipinski definition) is 0. The molecule has 0 saturated heterocycles. The van der Waals surface area contributed by atoms with Crippen molar-refractivity contribution < 1.29 is 0 Å². The van der Waals surface area contributed by atoms with Crippen LogP contribution in [0, 0.1) is 0 Å². The SMILES string of the molecule is CC1Cc2c(c3ccccc3n2-c2ccc(CCc3ccc(-n4c5ccccc5c5cnccc54)cc3)cc2)C=N1. The predicted octanol–water partition coefficient (Wildman–Crippen LogP) is 8.27. The van der Waals surface area contributed by atoms with E-state index in [-0.39, 0.29) is 0 Å². The molecule has 0 radical (unpaired) electrons. The molecule has 0 spiro atoms. The molecule has 1 aliphatic rings. The summed E-state index contributed by atoms with van der Waals surface area (Å²) in [6.07, 6.45) is 8.89. The Morgan fingerprint density at radius 2 is 1.22 bits per heavy atom. The molecule has 4 heteroatoms. The van der Waals surface area contributed by atoms with E-state index in [1.165, 1.54) is 66.5 Å². The number of aliphatic imine (C=N–C) groups is 1. The molecule has 7 aromatic rings. The Labute approximate surface area is 239 Å². The fraction of sp³-hybridized carbons (Fsp3) is 0.135. The van der Waals surface area contributed by atoms with Crippen LogP contribution in [0.2, 0.25) is 0 Å². The first-order valence-corrected chi connectivity index (χ1v) is 14.4. The van der Waals surface area contributed by atoms with Crippen molar-refractivity contribution in [3.63, 3.8) is 0 Å². The fourth-order valence-electron chi connectivity index (χ4n) is 6.50. The Morgan fingerprint density at radius 3 is 1.93 bits per heavy atom. The minimum atomic E-state index is 0.309. The van der Waals surface area contributed by atoms with Gasteiger partial charge in [-0.2, -0.15) is 0 Å². The highest BCUT2D eigenvalue weighted by atomic mass is 15.0. The fourth-order valence-corrected chi connectivity index (χ4v) is 6.50. The molecule has 1 unspecified atom stereocenters. The van der Waals surface area contributed by atoms with Gasteiger partial charge in [0.2, 0.25) is 0 Å². The highest BCUT2D eigenvalue weighted by Gasteiger charge is 2.21. The van der Waals surface area contributed by atoms with Crippen molar-refractivity contribution in [3.8, 4) is 11.4 Å². The molecule has 1 aliphatic heterocycles. The number of rotatable bonds is 5. The normalized spacial score (nSPS) is 14.7. The van der Waals surface area contributed by atoms with Gasteiger partial charge >= 0.3 is 0 Å². The van der Waals surface area contributed by atoms with Gasteiger partial charge in [-0.05, 0) is 73.4 Å². The van der Waals surface area contributed by atoms with E-state index in [9.17, 15) is 0 Å². The number of nitrogens with zero attached hydrogens (tertiary/aromatic N) is 4. The molecule has 8 rings (SSSR count). The third-order valence-electron chi connectivity index (χ3n) is 8.53. The van der Waals surface area contributed by atoms with Crippen molar-refractivity contribution in [2.24, 2.45) is 4.99 Å². The summed E-state index contributed by atoms with van der Waals surface area (Å²) in [7, 11) is 0. The first-order valence-electron chi connectivity index (χ1n) is 14.4. The molecule has 4 aromatic carbocycles. The van der Waals surface area contributed by atoms with Gasteiger partial charge in [0.1, 0.15) is 0 Å². The standard InChI is InChI=1S/C37H30N4/c1-25-22-37-33(24-39-25)31-7-3-5-9-35(31)41(37)29-18-14-27(15-19-29)11-10-26-12-16-28(17-13-26)40-34-8-4-2-6-30(34)32-23-38-21-20-36(32)40/h2-9,12-21,23-25H,10-11,22H2,1H3. The molecule has 0 N–H and O–H groups in total. The van der Waals surface area contributed by atoms with Crippen LogP contribution >= 0.6 is 0 Å². The summed E-state index contributed by atoms with van der Waals surface area (Å²) >= 11 is 0. The van der Waals surface area contributed by atoms with E-state index in [1.54, 1.807) is 0 Å². The number of aryl methyl sites for hydroxylation is 2. The Hall–Kier alpha value is -4.96. The third kappa shape index (κ3) is 3.98. The molecule has 3 aromatic heterocycles. The largest absolute Gasteiger partial charge is 0.313 e. The minimum Gasteiger partial charge on any atom is -0.313 e. The maximum Gasteiger partial charge on any atom is 0.0571 e. The molecule has 41 heavy (non-hydrogen) atoms. The molecule has 4 nitrogen and oxygen atoms in total. The van der Waals surface area contributed by atoms with Gasteiger partial charge < -0.3 is 9.13 Å². The maximum absolute atomic E-state index is 4.70. The van der Waals surface area contributed by atoms with Crippen LogP contribution in [0.25, 0.3) is 44.1 Å². The van der Waals surface area contributed by atoms with Gasteiger partial charge in [0.15, 0.2) is 0 Å². The molecule has 4 heterocycles. The molecule has 0 aliphatic carbocycles. The lowest BCUT2D eigenvalue weighted by molar-refractivity contribution is 0.706. The van der Waals surface area contributed by atoms with Gasteiger partial charge in [0.25, 0.3) is 0 Å². The maximum atomic E-state index is 4.70. The van der Waals surface area contributed by atoms with Crippen LogP contribution in [0.5, 0.6) is 0 Å². The van der Waals surface area contributed by atoms with Crippen molar-refractivity contribution in [2.45, 2.75) is 32.2 Å². The first-order chi connectivity index (χ1) is 20.2. The van der Waals surface area contributed by atoms with Crippen molar-refractivity contribution in [1.29, 1.82) is 0 Å². The number of aromatic nitrogens is 3. The van der Waals surface area contributed by atoms with Crippen molar-refractivity contribution in [2.75, 3.05) is 0 Å². The lowest BCUT2D eigenvalue weighted by atomic mass is 10.0. The molecule has 0 fully saturated rings. The molecular weight excluding hydrogens is 500 g/mol. The van der Waals surface area contributed by atoms with Crippen LogP contribution in [-0.4, -0.2) is 26.4 Å². The molecule has 1 atom stereocenters. The number of pyridine rings is 1. The Bertz CT molecular complexity index is 2020. The van der Waals surface area contributed by atoms with Gasteiger partial charge in [-0.25, -0.2) is 0 Å². The van der Waals surface area contributed by atoms with Crippen LogP contribution in [0.1, 0.15) is 29.3 Å². The van der Waals surface area contributed by atoms with E-state index in [0.717, 1.165) is 19.3 Å². The van der Waals surface area contributed by atoms with Crippen LogP contribution in [-0.2, 0) is 19.3 Å². The average Bonchev–Trinajstić information content (AvgIpc) is 3.53. The number of hydrogen-bond acceptors (Lipinski definition) is 2. The van der Waals surface area contributed by atoms with E-state index >= 15 is 0 Å². The van der Waals surface area contributed by atoms with E-state index < -0.39 is 0 Å². The highest BCUT2D eigenvalue weighted by molar-refractivity contribution is 6.08. The van der Waals surface area contributed by atoms with E-state index in [4.69, 9.17) is 4.99 Å². The summed E-state index contributed by atoms with van der Waals surface area (Å²) in [4.78, 5) is 9.07.